The van der Waals surface area contributed by atoms with Crippen LogP contribution >= 0.6 is 0 Å². The van der Waals surface area contributed by atoms with Crippen molar-refractivity contribution in [2.45, 2.75) is 0 Å². The molecule has 1 aromatic heterocycles. The van der Waals surface area contributed by atoms with Gasteiger partial charge in [0.2, 0.25) is 11.6 Å². The van der Waals surface area contributed by atoms with E-state index in [1.165, 1.54) is 0 Å². The molecule has 0 aromatic carbocycles. The summed E-state index contributed by atoms with van der Waals surface area (Å²) >= 11 is 0. The lowest BCUT2D eigenvalue weighted by atomic mass is 10.2. The Bertz CT molecular complexity index is 501. The van der Waals surface area contributed by atoms with Gasteiger partial charge in [0.15, 0.2) is 11.4 Å². The summed E-state index contributed by atoms with van der Waals surface area (Å²) in [6.45, 7) is -0.367. The molecule has 11 heteroatoms. The Kier molecular flexibility index (Phi) is 4.31. The van der Waals surface area contributed by atoms with Gasteiger partial charge in [0.25, 0.3) is 11.8 Å². The Morgan fingerprint density at radius 1 is 1.00 bits per heavy atom. The number of nitrogen functional groups attached to an aromatic ring is 2. The van der Waals surface area contributed by atoms with Gasteiger partial charge in [0.1, 0.15) is 0 Å². The number of amides is 2. The maximum Gasteiger partial charge on any atom is 0.288 e. The summed E-state index contributed by atoms with van der Waals surface area (Å²) in [6.07, 6.45) is 0. The summed E-state index contributed by atoms with van der Waals surface area (Å²) in [7, 11) is 0. The van der Waals surface area contributed by atoms with Gasteiger partial charge in [-0.05, 0) is 0 Å². The van der Waals surface area contributed by atoms with Crippen molar-refractivity contribution in [2.24, 2.45) is 17.4 Å². The molecule has 0 fully saturated rings. The molecule has 0 saturated heterocycles. The molecule has 18 heavy (non-hydrogen) atoms. The maximum atomic E-state index is 11.4. The standard InChI is InChI=1S/C7H10N8O3/c8-1-2(16)5-11-3(6(17)12-9)4(14-15-5)7(18)13-10/h1,8-10H2,(H,12,17)(H,13,18). The number of rotatable bonds is 4. The van der Waals surface area contributed by atoms with Gasteiger partial charge in [0.05, 0.1) is 6.54 Å². The van der Waals surface area contributed by atoms with Crippen LogP contribution < -0.4 is 28.3 Å². The first-order valence-electron chi connectivity index (χ1n) is 4.55. The van der Waals surface area contributed by atoms with E-state index in [0.717, 1.165) is 0 Å². The van der Waals surface area contributed by atoms with E-state index in [2.05, 4.69) is 15.2 Å². The summed E-state index contributed by atoms with van der Waals surface area (Å²) in [5.74, 6) is 6.94. The normalized spacial score (nSPS) is 9.72. The van der Waals surface area contributed by atoms with Crippen molar-refractivity contribution in [3.05, 3.63) is 17.2 Å². The van der Waals surface area contributed by atoms with Crippen molar-refractivity contribution in [3.8, 4) is 0 Å². The average Bonchev–Trinajstić information content (AvgIpc) is 2.43. The van der Waals surface area contributed by atoms with E-state index in [0.29, 0.717) is 0 Å². The van der Waals surface area contributed by atoms with Crippen LogP contribution in [0.2, 0.25) is 0 Å². The fourth-order valence-corrected chi connectivity index (χ4v) is 0.983. The molecule has 8 N–H and O–H groups in total. The molecule has 0 aliphatic heterocycles. The van der Waals surface area contributed by atoms with Crippen LogP contribution in [0.15, 0.2) is 0 Å². The van der Waals surface area contributed by atoms with Crippen LogP contribution in [-0.2, 0) is 0 Å². The minimum atomic E-state index is -0.922. The smallest absolute Gasteiger partial charge is 0.288 e. The number of nitrogens with one attached hydrogen (secondary N) is 2. The van der Waals surface area contributed by atoms with Gasteiger partial charge in [-0.25, -0.2) is 16.7 Å². The van der Waals surface area contributed by atoms with Gasteiger partial charge in [-0.2, -0.15) is 0 Å². The molecule has 11 nitrogen and oxygen atoms in total. The quantitative estimate of drug-likeness (QED) is 0.155. The molecule has 0 saturated carbocycles. The lowest BCUT2D eigenvalue weighted by Crippen LogP contribution is -2.37. The second-order valence-corrected chi connectivity index (χ2v) is 2.91. The number of nitrogens with zero attached hydrogens (tertiary/aromatic N) is 3. The minimum absolute atomic E-state index is 0.367. The Labute approximate surface area is 100 Å². The Hall–Kier alpha value is -2.50. The number of hydrogen-bond donors (Lipinski definition) is 5. The molecule has 0 bridgehead atoms. The third kappa shape index (κ3) is 2.60. The zero-order valence-corrected chi connectivity index (χ0v) is 9.01. The number of carbonyl (C=O) groups excluding carboxylic acids is 3. The van der Waals surface area contributed by atoms with E-state index >= 15 is 0 Å². The van der Waals surface area contributed by atoms with Gasteiger partial charge in [-0.1, -0.05) is 0 Å². The molecule has 0 aliphatic rings. The molecule has 1 aromatic rings. The van der Waals surface area contributed by atoms with E-state index in [1.807, 2.05) is 0 Å². The summed E-state index contributed by atoms with van der Waals surface area (Å²) < 4.78 is 0. The van der Waals surface area contributed by atoms with Gasteiger partial charge < -0.3 is 5.73 Å². The van der Waals surface area contributed by atoms with E-state index < -0.39 is 34.8 Å². The lowest BCUT2D eigenvalue weighted by Gasteiger charge is -2.05. The molecule has 0 spiro atoms. The number of hydrogen-bond acceptors (Lipinski definition) is 9. The SMILES string of the molecule is NCC(=O)c1nnc(C(=O)NN)c(C(=O)NN)n1. The Balaban J connectivity index is 3.33. The predicted molar refractivity (Wildman–Crippen MR) is 56.5 cm³/mol. The molecule has 2 amide bonds. The zero-order valence-electron chi connectivity index (χ0n) is 9.01. The molecule has 0 unspecified atom stereocenters. The van der Waals surface area contributed by atoms with Gasteiger partial charge in [-0.3, -0.25) is 25.2 Å². The van der Waals surface area contributed by atoms with Crippen LogP contribution in [0.5, 0.6) is 0 Å². The Morgan fingerprint density at radius 2 is 1.56 bits per heavy atom. The highest BCUT2D eigenvalue weighted by Gasteiger charge is 2.23. The second kappa shape index (κ2) is 5.72. The van der Waals surface area contributed by atoms with Crippen LogP contribution in [0.3, 0.4) is 0 Å². The molecular weight excluding hydrogens is 244 g/mol. The van der Waals surface area contributed by atoms with E-state index in [4.69, 9.17) is 17.4 Å². The third-order valence-electron chi connectivity index (χ3n) is 1.81. The van der Waals surface area contributed by atoms with Gasteiger partial charge in [0, 0.05) is 0 Å². The van der Waals surface area contributed by atoms with Crippen molar-refractivity contribution in [3.63, 3.8) is 0 Å². The number of ketones is 1. The first-order chi connectivity index (χ1) is 8.54. The fraction of sp³-hybridized carbons (Fsp3) is 0.143. The fourth-order valence-electron chi connectivity index (χ4n) is 0.983. The van der Waals surface area contributed by atoms with E-state index in [1.54, 1.807) is 10.9 Å². The number of hydrazine groups is 2. The first kappa shape index (κ1) is 13.6. The maximum absolute atomic E-state index is 11.4. The summed E-state index contributed by atoms with van der Waals surface area (Å²) in [5, 5.41) is 6.76. The number of Topliss-reactive ketones (excluding diaryl/α,β-unsaturated/α-hetero) is 1. The highest BCUT2D eigenvalue weighted by Crippen LogP contribution is 2.02. The van der Waals surface area contributed by atoms with Crippen molar-refractivity contribution in [2.75, 3.05) is 6.54 Å². The topological polar surface area (TPSA) is 192 Å². The van der Waals surface area contributed by atoms with Crippen molar-refractivity contribution in [1.29, 1.82) is 0 Å². The summed E-state index contributed by atoms with van der Waals surface area (Å²) in [5.41, 5.74) is 7.67. The third-order valence-corrected chi connectivity index (χ3v) is 1.81. The predicted octanol–water partition coefficient (Wildman–Crippen LogP) is -3.78. The van der Waals surface area contributed by atoms with Crippen molar-refractivity contribution >= 4 is 17.6 Å². The van der Waals surface area contributed by atoms with Crippen LogP contribution in [0.4, 0.5) is 0 Å². The number of aromatic nitrogens is 3. The number of carbonyl (C=O) groups is 3. The van der Waals surface area contributed by atoms with E-state index in [-0.39, 0.29) is 6.54 Å². The van der Waals surface area contributed by atoms with E-state index in [9.17, 15) is 14.4 Å². The molecule has 0 aliphatic carbocycles. The van der Waals surface area contributed by atoms with Crippen molar-refractivity contribution < 1.29 is 14.4 Å². The largest absolute Gasteiger partial charge is 0.324 e. The lowest BCUT2D eigenvalue weighted by molar-refractivity contribution is 0.0907. The van der Waals surface area contributed by atoms with Crippen LogP contribution in [-0.4, -0.2) is 39.3 Å². The highest BCUT2D eigenvalue weighted by molar-refractivity contribution is 6.05. The monoisotopic (exact) mass is 254 g/mol. The molecular formula is C7H10N8O3. The van der Waals surface area contributed by atoms with Crippen LogP contribution in [0, 0.1) is 0 Å². The molecule has 1 heterocycles. The Morgan fingerprint density at radius 3 is 2.06 bits per heavy atom. The molecule has 1 rings (SSSR count). The summed E-state index contributed by atoms with van der Waals surface area (Å²) in [6, 6.07) is 0. The zero-order chi connectivity index (χ0) is 13.7. The first-order valence-corrected chi connectivity index (χ1v) is 4.55. The van der Waals surface area contributed by atoms with Gasteiger partial charge >= 0.3 is 0 Å². The minimum Gasteiger partial charge on any atom is -0.324 e. The average molecular weight is 254 g/mol. The van der Waals surface area contributed by atoms with Crippen LogP contribution in [0.1, 0.15) is 31.6 Å². The van der Waals surface area contributed by atoms with Crippen molar-refractivity contribution in [1.82, 2.24) is 26.0 Å². The molecule has 0 radical (unpaired) electrons. The molecule has 96 valence electrons. The second-order valence-electron chi connectivity index (χ2n) is 2.91. The molecule has 0 atom stereocenters. The summed E-state index contributed by atoms with van der Waals surface area (Å²) in [4.78, 5) is 37.5. The highest BCUT2D eigenvalue weighted by atomic mass is 16.2. The van der Waals surface area contributed by atoms with Gasteiger partial charge in [-0.15, -0.1) is 10.2 Å². The number of nitrogens with two attached hydrogens (primary N) is 3. The van der Waals surface area contributed by atoms with Crippen LogP contribution in [0.25, 0.3) is 0 Å².